The summed E-state index contributed by atoms with van der Waals surface area (Å²) in [5.74, 6) is 0.0410. The predicted octanol–water partition coefficient (Wildman–Crippen LogP) is 3.87. The Morgan fingerprint density at radius 2 is 1.96 bits per heavy atom. The first-order chi connectivity index (χ1) is 12.7. The lowest BCUT2D eigenvalue weighted by Gasteiger charge is -2.21. The molecule has 1 saturated carbocycles. The molecule has 0 unspecified atom stereocenters. The van der Waals surface area contributed by atoms with E-state index in [-0.39, 0.29) is 11.7 Å². The molecule has 0 aliphatic heterocycles. The summed E-state index contributed by atoms with van der Waals surface area (Å²) in [6.45, 7) is 0.537. The van der Waals surface area contributed by atoms with Crippen molar-refractivity contribution in [2.75, 3.05) is 17.6 Å². The van der Waals surface area contributed by atoms with Crippen LogP contribution in [0.15, 0.2) is 28.6 Å². The molecule has 0 spiro atoms. The van der Waals surface area contributed by atoms with E-state index < -0.39 is 0 Å². The van der Waals surface area contributed by atoms with Crippen LogP contribution in [0.4, 0.5) is 9.52 Å². The van der Waals surface area contributed by atoms with Crippen molar-refractivity contribution in [3.05, 3.63) is 35.6 Å². The molecule has 1 heterocycles. The summed E-state index contributed by atoms with van der Waals surface area (Å²) in [6.07, 6.45) is 6.94. The van der Waals surface area contributed by atoms with Crippen LogP contribution in [0.2, 0.25) is 0 Å². The third-order valence-corrected chi connectivity index (χ3v) is 6.30. The molecule has 140 valence electrons. The van der Waals surface area contributed by atoms with E-state index in [0.717, 1.165) is 15.0 Å². The van der Waals surface area contributed by atoms with Gasteiger partial charge < -0.3 is 10.6 Å². The standard InChI is InChI=1S/C18H23FN4OS2/c19-14-8-6-13(7-9-14)10-11-20-16(24)12-25-18-23-22-17(26-18)21-15-4-2-1-3-5-15/h6-9,15H,1-5,10-12H2,(H,20,24)(H,21,22). The Kier molecular flexibility index (Phi) is 7.25. The maximum absolute atomic E-state index is 12.8. The van der Waals surface area contributed by atoms with Crippen molar-refractivity contribution < 1.29 is 9.18 Å². The second kappa shape index (κ2) is 9.87. The summed E-state index contributed by atoms with van der Waals surface area (Å²) < 4.78 is 13.6. The highest BCUT2D eigenvalue weighted by Crippen LogP contribution is 2.28. The zero-order valence-corrected chi connectivity index (χ0v) is 16.2. The Morgan fingerprint density at radius 3 is 2.73 bits per heavy atom. The molecule has 1 aliphatic rings. The molecule has 1 aliphatic carbocycles. The summed E-state index contributed by atoms with van der Waals surface area (Å²) >= 11 is 2.91. The zero-order valence-electron chi connectivity index (χ0n) is 14.5. The molecule has 1 aromatic heterocycles. The lowest BCUT2D eigenvalue weighted by Crippen LogP contribution is -2.27. The number of nitrogens with zero attached hydrogens (tertiary/aromatic N) is 2. The van der Waals surface area contributed by atoms with Gasteiger partial charge in [-0.15, -0.1) is 10.2 Å². The number of anilines is 1. The van der Waals surface area contributed by atoms with E-state index in [1.54, 1.807) is 12.1 Å². The van der Waals surface area contributed by atoms with E-state index in [9.17, 15) is 9.18 Å². The summed E-state index contributed by atoms with van der Waals surface area (Å²) in [6, 6.07) is 6.84. The first-order valence-corrected chi connectivity index (χ1v) is 10.7. The normalized spacial score (nSPS) is 15.0. The molecule has 3 rings (SSSR count). The van der Waals surface area contributed by atoms with Gasteiger partial charge in [0.1, 0.15) is 5.82 Å². The van der Waals surface area contributed by atoms with E-state index >= 15 is 0 Å². The van der Waals surface area contributed by atoms with Crippen LogP contribution in [0, 0.1) is 5.82 Å². The number of carbonyl (C=O) groups is 1. The molecule has 26 heavy (non-hydrogen) atoms. The van der Waals surface area contributed by atoms with E-state index in [1.165, 1.54) is 67.3 Å². The molecule has 2 N–H and O–H groups in total. The van der Waals surface area contributed by atoms with Gasteiger partial charge in [0.25, 0.3) is 0 Å². The predicted molar refractivity (Wildman–Crippen MR) is 104 cm³/mol. The minimum atomic E-state index is -0.247. The Labute approximate surface area is 161 Å². The molecule has 5 nitrogen and oxygen atoms in total. The Morgan fingerprint density at radius 1 is 1.19 bits per heavy atom. The van der Waals surface area contributed by atoms with E-state index in [2.05, 4.69) is 20.8 Å². The van der Waals surface area contributed by atoms with Crippen LogP contribution in [0.1, 0.15) is 37.7 Å². The lowest BCUT2D eigenvalue weighted by atomic mass is 9.96. The summed E-state index contributed by atoms with van der Waals surface area (Å²) in [7, 11) is 0. The number of amides is 1. The first-order valence-electron chi connectivity index (χ1n) is 8.93. The average Bonchev–Trinajstić information content (AvgIpc) is 3.10. The Bertz CT molecular complexity index is 701. The highest BCUT2D eigenvalue weighted by molar-refractivity contribution is 8.01. The quantitative estimate of drug-likeness (QED) is 0.665. The van der Waals surface area contributed by atoms with Crippen molar-refractivity contribution in [3.8, 4) is 0 Å². The molecular formula is C18H23FN4OS2. The van der Waals surface area contributed by atoms with Crippen LogP contribution in [-0.2, 0) is 11.2 Å². The van der Waals surface area contributed by atoms with Gasteiger partial charge in [-0.3, -0.25) is 4.79 Å². The third-order valence-electron chi connectivity index (χ3n) is 4.32. The molecule has 1 aromatic carbocycles. The van der Waals surface area contributed by atoms with Crippen molar-refractivity contribution in [2.45, 2.75) is 48.9 Å². The second-order valence-electron chi connectivity index (χ2n) is 6.37. The number of halogens is 1. The Hall–Kier alpha value is -1.67. The van der Waals surface area contributed by atoms with E-state index in [1.807, 2.05) is 0 Å². The van der Waals surface area contributed by atoms with Crippen LogP contribution in [0.25, 0.3) is 0 Å². The summed E-state index contributed by atoms with van der Waals surface area (Å²) in [5.41, 5.74) is 1.00. The van der Waals surface area contributed by atoms with Crippen LogP contribution >= 0.6 is 23.1 Å². The van der Waals surface area contributed by atoms with Gasteiger partial charge in [0.2, 0.25) is 11.0 Å². The fraction of sp³-hybridized carbons (Fsp3) is 0.500. The van der Waals surface area contributed by atoms with Gasteiger partial charge in [0, 0.05) is 12.6 Å². The summed E-state index contributed by atoms with van der Waals surface area (Å²) in [5, 5.41) is 15.5. The maximum atomic E-state index is 12.8. The second-order valence-corrected chi connectivity index (χ2v) is 8.57. The zero-order chi connectivity index (χ0) is 18.2. The van der Waals surface area contributed by atoms with Crippen molar-refractivity contribution in [1.29, 1.82) is 0 Å². The number of rotatable bonds is 8. The van der Waals surface area contributed by atoms with Gasteiger partial charge in [-0.05, 0) is 37.0 Å². The van der Waals surface area contributed by atoms with Gasteiger partial charge in [-0.25, -0.2) is 4.39 Å². The van der Waals surface area contributed by atoms with Gasteiger partial charge in [0.05, 0.1) is 5.75 Å². The largest absolute Gasteiger partial charge is 0.357 e. The van der Waals surface area contributed by atoms with Gasteiger partial charge in [0.15, 0.2) is 4.34 Å². The molecule has 0 radical (unpaired) electrons. The number of nitrogens with one attached hydrogen (secondary N) is 2. The van der Waals surface area contributed by atoms with Crippen molar-refractivity contribution in [2.24, 2.45) is 0 Å². The highest BCUT2D eigenvalue weighted by Gasteiger charge is 2.15. The molecule has 1 fully saturated rings. The number of aromatic nitrogens is 2. The van der Waals surface area contributed by atoms with Crippen molar-refractivity contribution >= 4 is 34.1 Å². The summed E-state index contributed by atoms with van der Waals surface area (Å²) in [4.78, 5) is 11.9. The average molecular weight is 395 g/mol. The molecule has 8 heteroatoms. The van der Waals surface area contributed by atoms with Crippen LogP contribution in [0.3, 0.4) is 0 Å². The molecule has 0 atom stereocenters. The fourth-order valence-corrected chi connectivity index (χ4v) is 4.58. The minimum Gasteiger partial charge on any atom is -0.357 e. The fourth-order valence-electron chi connectivity index (χ4n) is 2.92. The monoisotopic (exact) mass is 394 g/mol. The van der Waals surface area contributed by atoms with Gasteiger partial charge in [-0.1, -0.05) is 54.5 Å². The SMILES string of the molecule is O=C(CSc1nnc(NC2CCCCC2)s1)NCCc1ccc(F)cc1. The van der Waals surface area contributed by atoms with Crippen LogP contribution in [-0.4, -0.2) is 34.4 Å². The third kappa shape index (κ3) is 6.25. The lowest BCUT2D eigenvalue weighted by molar-refractivity contribution is -0.118. The molecular weight excluding hydrogens is 371 g/mol. The molecule has 1 amide bonds. The van der Waals surface area contributed by atoms with Crippen molar-refractivity contribution in [3.63, 3.8) is 0 Å². The number of benzene rings is 1. The number of hydrogen-bond donors (Lipinski definition) is 2. The number of thioether (sulfide) groups is 1. The van der Waals surface area contributed by atoms with E-state index in [4.69, 9.17) is 0 Å². The molecule has 2 aromatic rings. The van der Waals surface area contributed by atoms with E-state index in [0.29, 0.717) is 24.8 Å². The maximum Gasteiger partial charge on any atom is 0.230 e. The van der Waals surface area contributed by atoms with Crippen LogP contribution < -0.4 is 10.6 Å². The van der Waals surface area contributed by atoms with Crippen LogP contribution in [0.5, 0.6) is 0 Å². The first kappa shape index (κ1) is 19.1. The topological polar surface area (TPSA) is 66.9 Å². The smallest absolute Gasteiger partial charge is 0.230 e. The number of hydrogen-bond acceptors (Lipinski definition) is 6. The number of carbonyl (C=O) groups excluding carboxylic acids is 1. The van der Waals surface area contributed by atoms with Gasteiger partial charge >= 0.3 is 0 Å². The Balaban J connectivity index is 1.34. The van der Waals surface area contributed by atoms with Crippen molar-refractivity contribution in [1.82, 2.24) is 15.5 Å². The highest BCUT2D eigenvalue weighted by atomic mass is 32.2. The molecule has 0 saturated heterocycles. The minimum absolute atomic E-state index is 0.0332. The van der Waals surface area contributed by atoms with Gasteiger partial charge in [-0.2, -0.15) is 0 Å². The molecule has 0 bridgehead atoms.